The molecule has 0 saturated heterocycles. The lowest BCUT2D eigenvalue weighted by molar-refractivity contribution is -0.166. The summed E-state index contributed by atoms with van der Waals surface area (Å²) < 4.78 is 0. The van der Waals surface area contributed by atoms with E-state index in [-0.39, 0.29) is 13.1 Å². The molecule has 0 aliphatic carbocycles. The third-order valence-corrected chi connectivity index (χ3v) is 5.24. The molecule has 0 spiro atoms. The lowest BCUT2D eigenvalue weighted by Crippen LogP contribution is -2.52. The molecule has 0 aromatic heterocycles. The fourth-order valence-corrected chi connectivity index (χ4v) is 2.94. The average Bonchev–Trinajstić information content (AvgIpc) is 2.85. The Morgan fingerprint density at radius 3 is 0.972 bits per heavy atom. The molecule has 0 aliphatic rings. The molecule has 0 saturated carbocycles. The molecule has 0 fully saturated rings. The Labute approximate surface area is 205 Å². The normalized spacial score (nSPS) is 18.1. The standard InChI is InChI=1S/C20H36N2O14/c23-9(11(25)15(29)19(33)34)13(27)17(31)21-7-5-3-1-2-4-6-8-22-18(32)14(28)10(24)12(26)16(30)20(35)36/h9-16,23-30H,1-8H2,(H,21,31)(H,22,32)(H,33,34)(H,35,36)/t9-,10-,11-,12-,13-,14-,15+,16+/m0/s1. The number of aliphatic hydroxyl groups is 8. The quantitative estimate of drug-likeness (QED) is 0.0697. The van der Waals surface area contributed by atoms with Crippen LogP contribution in [0.2, 0.25) is 0 Å². The van der Waals surface area contributed by atoms with Gasteiger partial charge >= 0.3 is 11.9 Å². The van der Waals surface area contributed by atoms with Gasteiger partial charge in [0.15, 0.2) is 24.4 Å². The fraction of sp³-hybridized carbons (Fsp3) is 0.800. The summed E-state index contributed by atoms with van der Waals surface area (Å²) in [7, 11) is 0. The van der Waals surface area contributed by atoms with Crippen LogP contribution in [-0.2, 0) is 19.2 Å². The molecule has 2 amide bonds. The van der Waals surface area contributed by atoms with Crippen molar-refractivity contribution in [3.8, 4) is 0 Å². The molecule has 12 N–H and O–H groups in total. The molecule has 0 unspecified atom stereocenters. The van der Waals surface area contributed by atoms with Gasteiger partial charge in [-0.1, -0.05) is 25.7 Å². The van der Waals surface area contributed by atoms with E-state index >= 15 is 0 Å². The molecule has 16 nitrogen and oxygen atoms in total. The third-order valence-electron chi connectivity index (χ3n) is 5.24. The van der Waals surface area contributed by atoms with E-state index in [1.165, 1.54) is 0 Å². The molecular formula is C20H36N2O14. The Bertz CT molecular complexity index is 650. The van der Waals surface area contributed by atoms with Gasteiger partial charge in [-0.25, -0.2) is 9.59 Å². The molecule has 8 atom stereocenters. The number of amides is 2. The van der Waals surface area contributed by atoms with Crippen LogP contribution < -0.4 is 10.6 Å². The summed E-state index contributed by atoms with van der Waals surface area (Å²) in [5.41, 5.74) is 0. The zero-order chi connectivity index (χ0) is 28.0. The summed E-state index contributed by atoms with van der Waals surface area (Å²) >= 11 is 0. The number of aliphatic carboxylic acids is 2. The van der Waals surface area contributed by atoms with Gasteiger partial charge in [-0.3, -0.25) is 9.59 Å². The molecule has 210 valence electrons. The van der Waals surface area contributed by atoms with E-state index < -0.39 is 72.6 Å². The van der Waals surface area contributed by atoms with Crippen LogP contribution in [0.4, 0.5) is 0 Å². The summed E-state index contributed by atoms with van der Waals surface area (Å²) in [6, 6.07) is 0. The highest BCUT2D eigenvalue weighted by atomic mass is 16.4. The first-order valence-electron chi connectivity index (χ1n) is 11.2. The number of carbonyl (C=O) groups is 4. The van der Waals surface area contributed by atoms with Gasteiger partial charge in [0.1, 0.15) is 24.4 Å². The zero-order valence-corrected chi connectivity index (χ0v) is 19.4. The Hall–Kier alpha value is -2.44. The maximum absolute atomic E-state index is 11.8. The van der Waals surface area contributed by atoms with Crippen molar-refractivity contribution in [1.82, 2.24) is 10.6 Å². The number of carboxylic acid groups (broad SMARTS) is 2. The molecular weight excluding hydrogens is 492 g/mol. The van der Waals surface area contributed by atoms with Gasteiger partial charge in [0, 0.05) is 13.1 Å². The SMILES string of the molecule is O=C(NCCCCCCCCNC(=O)[C@@H](O)[C@@H](O)[C@H](O)[C@@H](O)C(=O)O)[C@@H](O)[C@@H](O)[C@H](O)[C@@H](O)C(=O)O. The van der Waals surface area contributed by atoms with Gasteiger partial charge in [-0.15, -0.1) is 0 Å². The smallest absolute Gasteiger partial charge is 0.335 e. The molecule has 0 radical (unpaired) electrons. The van der Waals surface area contributed by atoms with Gasteiger partial charge < -0.3 is 61.7 Å². The molecule has 36 heavy (non-hydrogen) atoms. The summed E-state index contributed by atoms with van der Waals surface area (Å²) in [6.07, 6.45) is -14.2. The molecule has 0 aromatic rings. The number of aliphatic hydroxyl groups excluding tert-OH is 8. The monoisotopic (exact) mass is 528 g/mol. The first kappa shape index (κ1) is 33.6. The Balaban J connectivity index is 3.98. The van der Waals surface area contributed by atoms with Gasteiger partial charge in [-0.2, -0.15) is 0 Å². The van der Waals surface area contributed by atoms with E-state index in [0.717, 1.165) is 12.8 Å². The fourth-order valence-electron chi connectivity index (χ4n) is 2.94. The van der Waals surface area contributed by atoms with E-state index in [1.807, 2.05) is 0 Å². The first-order chi connectivity index (χ1) is 16.7. The summed E-state index contributed by atoms with van der Waals surface area (Å²) in [4.78, 5) is 44.6. The van der Waals surface area contributed by atoms with Crippen LogP contribution in [0.5, 0.6) is 0 Å². The minimum Gasteiger partial charge on any atom is -0.479 e. The summed E-state index contributed by atoms with van der Waals surface area (Å²) in [5, 5.41) is 97.4. The van der Waals surface area contributed by atoms with E-state index in [9.17, 15) is 49.8 Å². The third kappa shape index (κ3) is 11.5. The Morgan fingerprint density at radius 1 is 0.444 bits per heavy atom. The van der Waals surface area contributed by atoms with Crippen LogP contribution in [0.15, 0.2) is 0 Å². The van der Waals surface area contributed by atoms with E-state index in [0.29, 0.717) is 25.7 Å². The number of hydrogen-bond donors (Lipinski definition) is 12. The molecule has 0 rings (SSSR count). The predicted molar refractivity (Wildman–Crippen MR) is 117 cm³/mol. The second-order valence-electron chi connectivity index (χ2n) is 8.12. The number of unbranched alkanes of at least 4 members (excludes halogenated alkanes) is 5. The molecule has 0 heterocycles. The van der Waals surface area contributed by atoms with Crippen LogP contribution in [0.1, 0.15) is 38.5 Å². The highest BCUT2D eigenvalue weighted by Crippen LogP contribution is 2.08. The van der Waals surface area contributed by atoms with Gasteiger partial charge in [0.25, 0.3) is 11.8 Å². The van der Waals surface area contributed by atoms with E-state index in [2.05, 4.69) is 10.6 Å². The van der Waals surface area contributed by atoms with Crippen molar-refractivity contribution in [2.75, 3.05) is 13.1 Å². The molecule has 16 heteroatoms. The molecule has 0 aromatic carbocycles. The van der Waals surface area contributed by atoms with Crippen LogP contribution in [0.3, 0.4) is 0 Å². The molecule has 0 aliphatic heterocycles. The van der Waals surface area contributed by atoms with Crippen LogP contribution >= 0.6 is 0 Å². The van der Waals surface area contributed by atoms with Crippen LogP contribution in [0, 0.1) is 0 Å². The number of rotatable bonds is 19. The van der Waals surface area contributed by atoms with Crippen molar-refractivity contribution >= 4 is 23.8 Å². The van der Waals surface area contributed by atoms with Crippen molar-refractivity contribution in [3.63, 3.8) is 0 Å². The first-order valence-corrected chi connectivity index (χ1v) is 11.2. The van der Waals surface area contributed by atoms with Gasteiger partial charge in [0.2, 0.25) is 0 Å². The van der Waals surface area contributed by atoms with E-state index in [1.54, 1.807) is 0 Å². The lowest BCUT2D eigenvalue weighted by atomic mass is 10.0. The van der Waals surface area contributed by atoms with Crippen molar-refractivity contribution in [3.05, 3.63) is 0 Å². The molecule has 0 bridgehead atoms. The number of carbonyl (C=O) groups excluding carboxylic acids is 2. The topological polar surface area (TPSA) is 295 Å². The predicted octanol–water partition coefficient (Wildman–Crippen LogP) is -5.38. The number of carboxylic acids is 2. The highest BCUT2D eigenvalue weighted by molar-refractivity contribution is 5.82. The van der Waals surface area contributed by atoms with Crippen LogP contribution in [0.25, 0.3) is 0 Å². The Kier molecular flexibility index (Phi) is 15.9. The van der Waals surface area contributed by atoms with Crippen molar-refractivity contribution in [2.45, 2.75) is 87.4 Å². The number of nitrogens with one attached hydrogen (secondary N) is 2. The minimum absolute atomic E-state index is 0.124. The van der Waals surface area contributed by atoms with Crippen molar-refractivity contribution in [1.29, 1.82) is 0 Å². The van der Waals surface area contributed by atoms with Crippen LogP contribution in [-0.4, -0.2) is 137 Å². The second-order valence-corrected chi connectivity index (χ2v) is 8.12. The largest absolute Gasteiger partial charge is 0.479 e. The van der Waals surface area contributed by atoms with E-state index in [4.69, 9.17) is 20.4 Å². The summed E-state index contributed by atoms with van der Waals surface area (Å²) in [5.74, 6) is -5.76. The minimum atomic E-state index is -2.38. The average molecular weight is 529 g/mol. The van der Waals surface area contributed by atoms with Gasteiger partial charge in [-0.05, 0) is 12.8 Å². The van der Waals surface area contributed by atoms with Crippen molar-refractivity contribution in [2.24, 2.45) is 0 Å². The second kappa shape index (κ2) is 17.1. The van der Waals surface area contributed by atoms with Crippen molar-refractivity contribution < 1.29 is 70.2 Å². The number of hydrogen-bond acceptors (Lipinski definition) is 12. The Morgan fingerprint density at radius 2 is 0.694 bits per heavy atom. The maximum Gasteiger partial charge on any atom is 0.335 e. The van der Waals surface area contributed by atoms with Gasteiger partial charge in [0.05, 0.1) is 0 Å². The lowest BCUT2D eigenvalue weighted by Gasteiger charge is -2.24. The highest BCUT2D eigenvalue weighted by Gasteiger charge is 2.38. The zero-order valence-electron chi connectivity index (χ0n) is 19.4. The maximum atomic E-state index is 11.8. The summed E-state index contributed by atoms with van der Waals surface area (Å²) in [6.45, 7) is 0.248.